The van der Waals surface area contributed by atoms with Crippen LogP contribution in [-0.2, 0) is 30.8 Å². The van der Waals surface area contributed by atoms with E-state index in [1.54, 1.807) is 17.0 Å². The van der Waals surface area contributed by atoms with Gasteiger partial charge >= 0.3 is 5.97 Å². The third-order valence-electron chi connectivity index (χ3n) is 8.04. The quantitative estimate of drug-likeness (QED) is 0.367. The van der Waals surface area contributed by atoms with Gasteiger partial charge in [-0.05, 0) is 61.4 Å². The van der Waals surface area contributed by atoms with Crippen molar-refractivity contribution < 1.29 is 32.6 Å². The molecule has 9 nitrogen and oxygen atoms in total. The number of aliphatic hydroxyl groups excluding tert-OH is 1. The smallest absolute Gasteiger partial charge is 0.306 e. The molecule has 1 N–H and O–H groups in total. The fourth-order valence-corrected chi connectivity index (χ4v) is 7.47. The number of likely N-dealkylation sites (tertiary alicyclic amines) is 1. The van der Waals surface area contributed by atoms with E-state index in [9.17, 15) is 23.1 Å². The monoisotopic (exact) mass is 572 g/mol. The Hall–Kier alpha value is -2.95. The summed E-state index contributed by atoms with van der Waals surface area (Å²) in [6, 6.07) is 15.8. The molecule has 3 atom stereocenters. The van der Waals surface area contributed by atoms with E-state index in [0.29, 0.717) is 25.1 Å². The predicted octanol–water partition coefficient (Wildman–Crippen LogP) is 3.26. The number of rotatable bonds is 13. The highest BCUT2D eigenvalue weighted by Gasteiger charge is 2.42. The Labute approximate surface area is 237 Å². The zero-order chi connectivity index (χ0) is 28.7. The van der Waals surface area contributed by atoms with Crippen LogP contribution in [0.5, 0.6) is 5.75 Å². The van der Waals surface area contributed by atoms with E-state index in [0.717, 1.165) is 31.2 Å². The van der Waals surface area contributed by atoms with Crippen LogP contribution in [0.15, 0.2) is 59.5 Å². The number of amides is 1. The van der Waals surface area contributed by atoms with Crippen molar-refractivity contribution in [3.05, 3.63) is 60.2 Å². The molecule has 0 bridgehead atoms. The van der Waals surface area contributed by atoms with Crippen molar-refractivity contribution in [1.29, 1.82) is 0 Å². The van der Waals surface area contributed by atoms with E-state index >= 15 is 0 Å². The van der Waals surface area contributed by atoms with Gasteiger partial charge < -0.3 is 19.5 Å². The largest absolute Gasteiger partial charge is 0.497 e. The number of ether oxygens (including phenoxy) is 2. The number of carbonyl (C=O) groups is 2. The van der Waals surface area contributed by atoms with Gasteiger partial charge in [0.25, 0.3) is 0 Å². The molecule has 2 aliphatic rings. The van der Waals surface area contributed by atoms with Crippen molar-refractivity contribution in [3.63, 3.8) is 0 Å². The molecule has 0 radical (unpaired) electrons. The summed E-state index contributed by atoms with van der Waals surface area (Å²) < 4.78 is 38.8. The molecule has 10 heteroatoms. The maximum Gasteiger partial charge on any atom is 0.306 e. The molecule has 1 aliphatic heterocycles. The van der Waals surface area contributed by atoms with Crippen molar-refractivity contribution in [2.24, 2.45) is 11.8 Å². The molecule has 1 amide bonds. The Morgan fingerprint density at radius 1 is 1.07 bits per heavy atom. The highest BCUT2D eigenvalue weighted by molar-refractivity contribution is 7.89. The van der Waals surface area contributed by atoms with Crippen molar-refractivity contribution in [1.82, 2.24) is 9.21 Å². The first-order valence-corrected chi connectivity index (χ1v) is 15.4. The highest BCUT2D eigenvalue weighted by Crippen LogP contribution is 2.31. The number of esters is 1. The summed E-state index contributed by atoms with van der Waals surface area (Å²) in [6.45, 7) is 0.166. The van der Waals surface area contributed by atoms with E-state index in [1.165, 1.54) is 30.7 Å². The van der Waals surface area contributed by atoms with Gasteiger partial charge in [0.2, 0.25) is 15.9 Å². The maximum atomic E-state index is 13.7. The lowest BCUT2D eigenvalue weighted by Crippen LogP contribution is -2.47. The van der Waals surface area contributed by atoms with Crippen LogP contribution in [0.4, 0.5) is 0 Å². The Bertz CT molecular complexity index is 1230. The first kappa shape index (κ1) is 30.0. The highest BCUT2D eigenvalue weighted by atomic mass is 32.2. The van der Waals surface area contributed by atoms with Gasteiger partial charge in [-0.1, -0.05) is 43.2 Å². The number of β-amino-alcohol motifs (C(OH)–C–C–N with tert-alkyl or cyclic N) is 1. The summed E-state index contributed by atoms with van der Waals surface area (Å²) in [6.07, 6.45) is 3.94. The molecule has 4 rings (SSSR count). The normalized spacial score (nSPS) is 20.7. The average Bonchev–Trinajstić information content (AvgIpc) is 3.57. The first-order chi connectivity index (χ1) is 19.2. The molecular weight excluding hydrogens is 532 g/mol. The average molecular weight is 573 g/mol. The molecule has 2 aromatic rings. The standard InChI is InChI=1S/C30H40N2O7S/c1-38-27-12-14-28(15-13-27)40(36,37)31(19-23-10-6-7-11-23)20-26(33)21-32-25(16-22-8-4-3-5-9-22)17-24(30(32)35)18-29(34)39-2/h3-5,8-9,12-15,23-26,33H,6-7,10-11,16-21H2,1-2H3/t24?,25-,26?/m0/s1. The van der Waals surface area contributed by atoms with Crippen molar-refractivity contribution in [2.75, 3.05) is 33.9 Å². The van der Waals surface area contributed by atoms with E-state index in [-0.39, 0.29) is 42.3 Å². The number of methoxy groups -OCH3 is 2. The Kier molecular flexibility index (Phi) is 10.2. The molecular formula is C30H40N2O7S. The Morgan fingerprint density at radius 2 is 1.75 bits per heavy atom. The van der Waals surface area contributed by atoms with Crippen molar-refractivity contribution in [2.45, 2.75) is 62.0 Å². The molecule has 2 fully saturated rings. The number of hydrogen-bond acceptors (Lipinski definition) is 7. The predicted molar refractivity (Wildman–Crippen MR) is 150 cm³/mol. The van der Waals surface area contributed by atoms with Gasteiger partial charge in [0, 0.05) is 25.7 Å². The number of hydrogen-bond donors (Lipinski definition) is 1. The van der Waals surface area contributed by atoms with Crippen molar-refractivity contribution >= 4 is 21.9 Å². The third-order valence-corrected chi connectivity index (χ3v) is 9.89. The second-order valence-electron chi connectivity index (χ2n) is 10.8. The van der Waals surface area contributed by atoms with Gasteiger partial charge in [-0.2, -0.15) is 4.31 Å². The van der Waals surface area contributed by atoms with Gasteiger partial charge in [-0.15, -0.1) is 0 Å². The minimum atomic E-state index is -3.89. The first-order valence-electron chi connectivity index (χ1n) is 13.9. The van der Waals surface area contributed by atoms with Crippen LogP contribution in [0.2, 0.25) is 0 Å². The molecule has 1 saturated carbocycles. The van der Waals surface area contributed by atoms with Gasteiger partial charge in [-0.3, -0.25) is 9.59 Å². The van der Waals surface area contributed by atoms with E-state index in [2.05, 4.69) is 0 Å². The summed E-state index contributed by atoms with van der Waals surface area (Å²) in [5.74, 6) is -0.423. The minimum absolute atomic E-state index is 0.0205. The molecule has 0 spiro atoms. The Morgan fingerprint density at radius 3 is 2.38 bits per heavy atom. The molecule has 40 heavy (non-hydrogen) atoms. The van der Waals surface area contributed by atoms with E-state index in [1.807, 2.05) is 30.3 Å². The van der Waals surface area contributed by atoms with Crippen LogP contribution in [0.25, 0.3) is 0 Å². The number of carbonyl (C=O) groups excluding carboxylic acids is 2. The van der Waals surface area contributed by atoms with Crippen LogP contribution >= 0.6 is 0 Å². The van der Waals surface area contributed by atoms with Crippen LogP contribution in [0, 0.1) is 11.8 Å². The lowest BCUT2D eigenvalue weighted by atomic mass is 9.97. The van der Waals surface area contributed by atoms with Crippen LogP contribution in [0.1, 0.15) is 44.1 Å². The summed E-state index contributed by atoms with van der Waals surface area (Å²) >= 11 is 0. The topological polar surface area (TPSA) is 113 Å². The number of sulfonamides is 1. The Balaban J connectivity index is 1.53. The molecule has 218 valence electrons. The zero-order valence-corrected chi connectivity index (χ0v) is 24.1. The molecule has 1 saturated heterocycles. The molecule has 0 aromatic heterocycles. The van der Waals surface area contributed by atoms with E-state index in [4.69, 9.17) is 9.47 Å². The van der Waals surface area contributed by atoms with Crippen LogP contribution in [0.3, 0.4) is 0 Å². The summed E-state index contributed by atoms with van der Waals surface area (Å²) in [5, 5.41) is 11.3. The fraction of sp³-hybridized carbons (Fsp3) is 0.533. The molecule has 1 heterocycles. The summed E-state index contributed by atoms with van der Waals surface area (Å²) in [7, 11) is -1.08. The van der Waals surface area contributed by atoms with Crippen LogP contribution in [-0.4, -0.2) is 80.6 Å². The van der Waals surface area contributed by atoms with Gasteiger partial charge in [-0.25, -0.2) is 8.42 Å². The van der Waals surface area contributed by atoms with Gasteiger partial charge in [0.1, 0.15) is 5.75 Å². The van der Waals surface area contributed by atoms with Gasteiger partial charge in [0.05, 0.1) is 37.6 Å². The lowest BCUT2D eigenvalue weighted by Gasteiger charge is -2.31. The van der Waals surface area contributed by atoms with Crippen molar-refractivity contribution in [3.8, 4) is 5.75 Å². The van der Waals surface area contributed by atoms with E-state index < -0.39 is 28.0 Å². The molecule has 2 unspecified atom stereocenters. The number of aliphatic hydroxyl groups is 1. The SMILES string of the molecule is COC(=O)CC1C[C@H](Cc2ccccc2)N(CC(O)CN(CC2CCCC2)S(=O)(=O)c2ccc(OC)cc2)C1=O. The third kappa shape index (κ3) is 7.41. The molecule has 2 aromatic carbocycles. The zero-order valence-electron chi connectivity index (χ0n) is 23.3. The second kappa shape index (κ2) is 13.6. The lowest BCUT2D eigenvalue weighted by molar-refractivity contribution is -0.145. The number of benzene rings is 2. The minimum Gasteiger partial charge on any atom is -0.497 e. The fourth-order valence-electron chi connectivity index (χ4n) is 5.91. The second-order valence-corrected chi connectivity index (χ2v) is 12.8. The maximum absolute atomic E-state index is 13.7. The van der Waals surface area contributed by atoms with Gasteiger partial charge in [0.15, 0.2) is 0 Å². The van der Waals surface area contributed by atoms with Crippen LogP contribution < -0.4 is 4.74 Å². The molecule has 1 aliphatic carbocycles. The summed E-state index contributed by atoms with van der Waals surface area (Å²) in [4.78, 5) is 27.1. The summed E-state index contributed by atoms with van der Waals surface area (Å²) in [5.41, 5.74) is 1.04. The number of nitrogens with zero attached hydrogens (tertiary/aromatic N) is 2.